The summed E-state index contributed by atoms with van der Waals surface area (Å²) in [5.41, 5.74) is 2.65. The number of aromatic nitrogens is 2. The normalized spacial score (nSPS) is 10.4. The van der Waals surface area contributed by atoms with Gasteiger partial charge in [0.2, 0.25) is 0 Å². The zero-order valence-corrected chi connectivity index (χ0v) is 14.8. The first-order valence-electron chi connectivity index (χ1n) is 8.48. The molecular weight excluding hydrogens is 347 g/mol. The molecule has 2 aromatic carbocycles. The van der Waals surface area contributed by atoms with Crippen LogP contribution in [0.15, 0.2) is 54.6 Å². The molecule has 0 unspecified atom stereocenters. The predicted molar refractivity (Wildman–Crippen MR) is 99.8 cm³/mol. The minimum Gasteiger partial charge on any atom is -0.350 e. The van der Waals surface area contributed by atoms with Gasteiger partial charge in [-0.2, -0.15) is 5.10 Å². The van der Waals surface area contributed by atoms with Crippen LogP contribution < -0.4 is 10.6 Å². The van der Waals surface area contributed by atoms with Crippen LogP contribution in [-0.2, 0) is 0 Å². The van der Waals surface area contributed by atoms with Gasteiger partial charge in [0.15, 0.2) is 0 Å². The van der Waals surface area contributed by atoms with Crippen molar-refractivity contribution in [2.24, 2.45) is 0 Å². The van der Waals surface area contributed by atoms with Crippen LogP contribution in [0, 0.1) is 12.7 Å². The van der Waals surface area contributed by atoms with Gasteiger partial charge in [0, 0.05) is 24.2 Å². The van der Waals surface area contributed by atoms with E-state index in [9.17, 15) is 14.0 Å². The quantitative estimate of drug-likeness (QED) is 0.586. The highest BCUT2D eigenvalue weighted by Crippen LogP contribution is 2.20. The summed E-state index contributed by atoms with van der Waals surface area (Å²) in [7, 11) is 0. The van der Waals surface area contributed by atoms with Gasteiger partial charge < -0.3 is 10.6 Å². The number of benzene rings is 2. The number of rotatable bonds is 6. The maximum absolute atomic E-state index is 13.4. The summed E-state index contributed by atoms with van der Waals surface area (Å²) in [6.45, 7) is 2.25. The van der Waals surface area contributed by atoms with Gasteiger partial charge in [0.05, 0.1) is 5.69 Å². The van der Waals surface area contributed by atoms with Crippen molar-refractivity contribution in [3.8, 4) is 11.3 Å². The first kappa shape index (κ1) is 18.3. The number of H-pyrrole nitrogens is 1. The van der Waals surface area contributed by atoms with Crippen LogP contribution in [0.5, 0.6) is 0 Å². The van der Waals surface area contributed by atoms with E-state index >= 15 is 0 Å². The molecule has 138 valence electrons. The monoisotopic (exact) mass is 366 g/mol. The fourth-order valence-corrected chi connectivity index (χ4v) is 2.53. The molecule has 27 heavy (non-hydrogen) atoms. The zero-order valence-electron chi connectivity index (χ0n) is 14.8. The molecule has 0 radical (unpaired) electrons. The summed E-state index contributed by atoms with van der Waals surface area (Å²) in [4.78, 5) is 24.1. The first-order chi connectivity index (χ1) is 13.0. The third-order valence-corrected chi connectivity index (χ3v) is 4.01. The van der Waals surface area contributed by atoms with Gasteiger partial charge >= 0.3 is 0 Å². The maximum atomic E-state index is 13.4. The fraction of sp³-hybridized carbons (Fsp3) is 0.150. The summed E-state index contributed by atoms with van der Waals surface area (Å²) in [6, 6.07) is 15.1. The van der Waals surface area contributed by atoms with Crippen LogP contribution in [0.1, 0.15) is 26.4 Å². The highest BCUT2D eigenvalue weighted by atomic mass is 19.1. The van der Waals surface area contributed by atoms with Crippen molar-refractivity contribution < 1.29 is 14.0 Å². The lowest BCUT2D eigenvalue weighted by molar-refractivity contribution is 0.0925. The second-order valence-corrected chi connectivity index (χ2v) is 6.01. The predicted octanol–water partition coefficient (Wildman–Crippen LogP) is 2.68. The van der Waals surface area contributed by atoms with E-state index in [1.165, 1.54) is 6.07 Å². The zero-order chi connectivity index (χ0) is 19.2. The molecule has 2 amide bonds. The molecule has 0 saturated heterocycles. The Morgan fingerprint density at radius 1 is 1.00 bits per heavy atom. The standard InChI is InChI=1S/C20H19FN4O2/c1-13-11-15(7-8-16(13)21)17-12-18(25-24-17)20(27)23-10-9-22-19(26)14-5-3-2-4-6-14/h2-8,11-12H,9-10H2,1H3,(H,22,26)(H,23,27)(H,24,25). The molecule has 0 bridgehead atoms. The van der Waals surface area contributed by atoms with Crippen LogP contribution in [-0.4, -0.2) is 35.1 Å². The van der Waals surface area contributed by atoms with Gasteiger partial charge in [-0.3, -0.25) is 14.7 Å². The van der Waals surface area contributed by atoms with E-state index in [-0.39, 0.29) is 24.2 Å². The third kappa shape index (κ3) is 4.58. The molecule has 7 heteroatoms. The number of carbonyl (C=O) groups is 2. The summed E-state index contributed by atoms with van der Waals surface area (Å²) < 4.78 is 13.4. The number of nitrogens with one attached hydrogen (secondary N) is 3. The Labute approximate surface area is 155 Å². The van der Waals surface area contributed by atoms with Crippen LogP contribution in [0.2, 0.25) is 0 Å². The maximum Gasteiger partial charge on any atom is 0.269 e. The van der Waals surface area contributed by atoms with Crippen LogP contribution >= 0.6 is 0 Å². The highest BCUT2D eigenvalue weighted by Gasteiger charge is 2.12. The van der Waals surface area contributed by atoms with E-state index in [0.29, 0.717) is 29.1 Å². The minimum absolute atomic E-state index is 0.194. The number of hydrogen-bond donors (Lipinski definition) is 3. The van der Waals surface area contributed by atoms with Crippen molar-refractivity contribution in [3.05, 3.63) is 77.2 Å². The molecule has 3 aromatic rings. The van der Waals surface area contributed by atoms with E-state index in [1.54, 1.807) is 49.4 Å². The SMILES string of the molecule is Cc1cc(-c2cc(C(=O)NCCNC(=O)c3ccccc3)[nH]n2)ccc1F. The number of nitrogens with zero attached hydrogens (tertiary/aromatic N) is 1. The number of aromatic amines is 1. The lowest BCUT2D eigenvalue weighted by Crippen LogP contribution is -2.34. The molecule has 0 aliphatic rings. The Balaban J connectivity index is 1.51. The molecule has 0 aliphatic heterocycles. The van der Waals surface area contributed by atoms with Crippen molar-refractivity contribution in [3.63, 3.8) is 0 Å². The van der Waals surface area contributed by atoms with E-state index < -0.39 is 0 Å². The molecule has 0 spiro atoms. The average Bonchev–Trinajstić information content (AvgIpc) is 3.18. The van der Waals surface area contributed by atoms with Gasteiger partial charge in [-0.1, -0.05) is 18.2 Å². The van der Waals surface area contributed by atoms with Crippen LogP contribution in [0.3, 0.4) is 0 Å². The Kier molecular flexibility index (Phi) is 5.61. The topological polar surface area (TPSA) is 86.9 Å². The van der Waals surface area contributed by atoms with Crippen molar-refractivity contribution in [2.75, 3.05) is 13.1 Å². The molecule has 6 nitrogen and oxygen atoms in total. The Morgan fingerprint density at radius 3 is 2.41 bits per heavy atom. The van der Waals surface area contributed by atoms with Crippen molar-refractivity contribution in [1.29, 1.82) is 0 Å². The van der Waals surface area contributed by atoms with E-state index in [1.807, 2.05) is 6.07 Å². The Bertz CT molecular complexity index is 954. The molecule has 3 rings (SSSR count). The van der Waals surface area contributed by atoms with Gasteiger partial charge in [-0.25, -0.2) is 4.39 Å². The van der Waals surface area contributed by atoms with Gasteiger partial charge in [0.1, 0.15) is 11.5 Å². The highest BCUT2D eigenvalue weighted by molar-refractivity contribution is 5.94. The molecular formula is C20H19FN4O2. The number of amides is 2. The number of carbonyl (C=O) groups excluding carboxylic acids is 2. The summed E-state index contributed by atoms with van der Waals surface area (Å²) in [6.07, 6.45) is 0. The number of hydrogen-bond acceptors (Lipinski definition) is 3. The fourth-order valence-electron chi connectivity index (χ4n) is 2.53. The minimum atomic E-state index is -0.332. The summed E-state index contributed by atoms with van der Waals surface area (Å²) >= 11 is 0. The van der Waals surface area contributed by atoms with E-state index in [4.69, 9.17) is 0 Å². The lowest BCUT2D eigenvalue weighted by Gasteiger charge is -2.06. The summed E-state index contributed by atoms with van der Waals surface area (Å²) in [5, 5.41) is 12.2. The van der Waals surface area contributed by atoms with Gasteiger partial charge in [-0.15, -0.1) is 0 Å². The van der Waals surface area contributed by atoms with Crippen molar-refractivity contribution in [1.82, 2.24) is 20.8 Å². The first-order valence-corrected chi connectivity index (χ1v) is 8.48. The van der Waals surface area contributed by atoms with E-state index in [2.05, 4.69) is 20.8 Å². The Hall–Kier alpha value is -3.48. The Morgan fingerprint density at radius 2 is 1.70 bits per heavy atom. The average molecular weight is 366 g/mol. The molecule has 3 N–H and O–H groups in total. The molecule has 0 fully saturated rings. The molecule has 0 aliphatic carbocycles. The van der Waals surface area contributed by atoms with Gasteiger partial charge in [0.25, 0.3) is 11.8 Å². The van der Waals surface area contributed by atoms with Crippen LogP contribution in [0.25, 0.3) is 11.3 Å². The number of halogens is 1. The van der Waals surface area contributed by atoms with Crippen LogP contribution in [0.4, 0.5) is 4.39 Å². The molecule has 1 aromatic heterocycles. The largest absolute Gasteiger partial charge is 0.350 e. The molecule has 0 saturated carbocycles. The second kappa shape index (κ2) is 8.27. The van der Waals surface area contributed by atoms with E-state index in [0.717, 1.165) is 5.56 Å². The lowest BCUT2D eigenvalue weighted by atomic mass is 10.1. The van der Waals surface area contributed by atoms with Crippen molar-refractivity contribution in [2.45, 2.75) is 6.92 Å². The molecule has 1 heterocycles. The third-order valence-electron chi connectivity index (χ3n) is 4.01. The second-order valence-electron chi connectivity index (χ2n) is 6.01. The van der Waals surface area contributed by atoms with Gasteiger partial charge in [-0.05, 0) is 48.9 Å². The molecule has 0 atom stereocenters. The number of aryl methyl sites for hydroxylation is 1. The smallest absolute Gasteiger partial charge is 0.269 e. The summed E-state index contributed by atoms with van der Waals surface area (Å²) in [5.74, 6) is -0.813. The van der Waals surface area contributed by atoms with Crippen molar-refractivity contribution >= 4 is 11.8 Å².